The summed E-state index contributed by atoms with van der Waals surface area (Å²) in [4.78, 5) is 15.3. The zero-order valence-electron chi connectivity index (χ0n) is 15.0. The smallest absolute Gasteiger partial charge is 0.231 e. The Hall–Kier alpha value is -3.91. The number of amidine groups is 1. The molecule has 1 N–H and O–H groups in total. The first-order valence-corrected chi connectivity index (χ1v) is 9.48. The fourth-order valence-corrected chi connectivity index (χ4v) is 3.31. The number of anilines is 1. The van der Waals surface area contributed by atoms with Crippen molar-refractivity contribution in [2.24, 2.45) is 15.3 Å². The molecule has 0 bridgehead atoms. The van der Waals surface area contributed by atoms with Gasteiger partial charge in [0.15, 0.2) is 0 Å². The average molecular weight is 400 g/mol. The molecule has 0 fully saturated rings. The van der Waals surface area contributed by atoms with Crippen molar-refractivity contribution < 1.29 is 9.90 Å². The number of carbonyl (C=O) groups is 1. The molecule has 8 heteroatoms. The molecule has 7 nitrogen and oxygen atoms in total. The fourth-order valence-electron chi connectivity index (χ4n) is 2.52. The summed E-state index contributed by atoms with van der Waals surface area (Å²) < 4.78 is 1.03. The zero-order chi connectivity index (χ0) is 20.1. The van der Waals surface area contributed by atoms with E-state index in [1.807, 2.05) is 54.6 Å². The lowest BCUT2D eigenvalue weighted by molar-refractivity contribution is -0.255. The second kappa shape index (κ2) is 8.41. The second-order valence-corrected chi connectivity index (χ2v) is 6.95. The van der Waals surface area contributed by atoms with Crippen molar-refractivity contribution in [2.45, 2.75) is 0 Å². The molecule has 0 aliphatic carbocycles. The van der Waals surface area contributed by atoms with Crippen LogP contribution in [0.3, 0.4) is 0 Å². The lowest BCUT2D eigenvalue weighted by Crippen LogP contribution is -2.21. The van der Waals surface area contributed by atoms with Crippen LogP contribution >= 0.6 is 11.3 Å². The minimum Gasteiger partial charge on any atom is -0.545 e. The largest absolute Gasteiger partial charge is 0.545 e. The SMILES string of the molecule is O=C([O-])c1ccc(NN=C(N=Nc2nc3ccccc3s2)c2ccccc2)cc1. The quantitative estimate of drug-likeness (QED) is 0.234. The first-order chi connectivity index (χ1) is 14.2. The van der Waals surface area contributed by atoms with Crippen LogP contribution in [0.5, 0.6) is 0 Å². The van der Waals surface area contributed by atoms with Gasteiger partial charge in [0.25, 0.3) is 0 Å². The standard InChI is InChI=1S/C21H15N5O2S/c27-20(28)15-10-12-16(13-11-15)23-24-19(14-6-2-1-3-7-14)25-26-21-22-17-8-4-5-9-18(17)29-21/h1-13,23H,(H,27,28)/p-1. The van der Waals surface area contributed by atoms with Crippen LogP contribution in [0.15, 0.2) is 94.2 Å². The number of benzene rings is 3. The lowest BCUT2D eigenvalue weighted by Gasteiger charge is -2.05. The number of carboxylic acids is 1. The van der Waals surface area contributed by atoms with Gasteiger partial charge in [0.1, 0.15) is 0 Å². The molecule has 0 radical (unpaired) electrons. The van der Waals surface area contributed by atoms with E-state index in [9.17, 15) is 9.90 Å². The Kier molecular flexibility index (Phi) is 5.35. The third-order valence-corrected chi connectivity index (χ3v) is 4.88. The molecule has 0 unspecified atom stereocenters. The summed E-state index contributed by atoms with van der Waals surface area (Å²) in [6, 6.07) is 23.3. The van der Waals surface area contributed by atoms with Crippen molar-refractivity contribution in [3.05, 3.63) is 90.0 Å². The number of aromatic nitrogens is 1. The monoisotopic (exact) mass is 400 g/mol. The number of nitrogens with one attached hydrogen (secondary N) is 1. The molecular formula is C21H14N5O2S-. The lowest BCUT2D eigenvalue weighted by atomic mass is 10.2. The highest BCUT2D eigenvalue weighted by Crippen LogP contribution is 2.28. The van der Waals surface area contributed by atoms with E-state index in [0.29, 0.717) is 16.7 Å². The van der Waals surface area contributed by atoms with Crippen LogP contribution in [0, 0.1) is 0 Å². The summed E-state index contributed by atoms with van der Waals surface area (Å²) in [5.41, 5.74) is 5.23. The van der Waals surface area contributed by atoms with Gasteiger partial charge >= 0.3 is 0 Å². The minimum atomic E-state index is -1.23. The number of thiazole rings is 1. The highest BCUT2D eigenvalue weighted by atomic mass is 32.1. The number of hydrogen-bond donors (Lipinski definition) is 1. The van der Waals surface area contributed by atoms with Gasteiger partial charge in [0.2, 0.25) is 11.0 Å². The first-order valence-electron chi connectivity index (χ1n) is 8.67. The zero-order valence-corrected chi connectivity index (χ0v) is 15.8. The second-order valence-electron chi connectivity index (χ2n) is 5.94. The van der Waals surface area contributed by atoms with Gasteiger partial charge in [-0.1, -0.05) is 65.9 Å². The fraction of sp³-hybridized carbons (Fsp3) is 0. The van der Waals surface area contributed by atoms with Crippen molar-refractivity contribution >= 4 is 44.2 Å². The number of hydrogen-bond acceptors (Lipinski definition) is 7. The summed E-state index contributed by atoms with van der Waals surface area (Å²) in [6.45, 7) is 0. The van der Waals surface area contributed by atoms with E-state index in [1.165, 1.54) is 23.5 Å². The summed E-state index contributed by atoms with van der Waals surface area (Å²) in [5, 5.41) is 24.2. The van der Waals surface area contributed by atoms with Gasteiger partial charge in [-0.2, -0.15) is 5.10 Å². The van der Waals surface area contributed by atoms with Gasteiger partial charge < -0.3 is 9.90 Å². The molecule has 4 aromatic rings. The van der Waals surface area contributed by atoms with Crippen LogP contribution in [0.4, 0.5) is 10.8 Å². The van der Waals surface area contributed by atoms with Gasteiger partial charge in [-0.3, -0.25) is 5.43 Å². The van der Waals surface area contributed by atoms with Gasteiger partial charge in [-0.25, -0.2) is 4.98 Å². The molecule has 0 saturated carbocycles. The number of fused-ring (bicyclic) bond motifs is 1. The molecule has 1 aromatic heterocycles. The van der Waals surface area contributed by atoms with Crippen LogP contribution in [-0.2, 0) is 0 Å². The maximum Gasteiger partial charge on any atom is 0.231 e. The Labute approximate surface area is 170 Å². The summed E-state index contributed by atoms with van der Waals surface area (Å²) in [7, 11) is 0. The van der Waals surface area contributed by atoms with Crippen molar-refractivity contribution in [2.75, 3.05) is 5.43 Å². The Morgan fingerprint density at radius 2 is 1.62 bits per heavy atom. The van der Waals surface area contributed by atoms with E-state index < -0.39 is 5.97 Å². The molecule has 3 aromatic carbocycles. The van der Waals surface area contributed by atoms with Crippen molar-refractivity contribution in [1.29, 1.82) is 0 Å². The molecular weight excluding hydrogens is 386 g/mol. The summed E-state index contributed by atoms with van der Waals surface area (Å²) in [5.74, 6) is -0.858. The molecule has 4 rings (SSSR count). The van der Waals surface area contributed by atoms with E-state index in [4.69, 9.17) is 0 Å². The first kappa shape index (κ1) is 18.5. The third-order valence-electron chi connectivity index (χ3n) is 3.96. The maximum absolute atomic E-state index is 10.9. The van der Waals surface area contributed by atoms with Crippen LogP contribution in [-0.4, -0.2) is 16.8 Å². The Morgan fingerprint density at radius 1 is 0.897 bits per heavy atom. The highest BCUT2D eigenvalue weighted by molar-refractivity contribution is 7.21. The van der Waals surface area contributed by atoms with E-state index in [-0.39, 0.29) is 5.56 Å². The van der Waals surface area contributed by atoms with Gasteiger partial charge in [-0.15, -0.1) is 10.2 Å². The predicted octanol–water partition coefficient (Wildman–Crippen LogP) is 4.22. The number of hydrazone groups is 1. The normalized spacial score (nSPS) is 11.8. The van der Waals surface area contributed by atoms with E-state index in [0.717, 1.165) is 15.8 Å². The Bertz CT molecular complexity index is 1170. The highest BCUT2D eigenvalue weighted by Gasteiger charge is 2.05. The number of azo groups is 1. The number of nitrogens with zero attached hydrogens (tertiary/aromatic N) is 4. The van der Waals surface area contributed by atoms with Crippen molar-refractivity contribution in [3.63, 3.8) is 0 Å². The Balaban J connectivity index is 1.60. The van der Waals surface area contributed by atoms with E-state index in [1.54, 1.807) is 12.1 Å². The molecule has 142 valence electrons. The van der Waals surface area contributed by atoms with Crippen LogP contribution in [0.2, 0.25) is 0 Å². The van der Waals surface area contributed by atoms with Crippen LogP contribution in [0.25, 0.3) is 10.2 Å². The number of carboxylic acid groups (broad SMARTS) is 1. The summed E-state index contributed by atoms with van der Waals surface area (Å²) >= 11 is 1.44. The van der Waals surface area contributed by atoms with Crippen LogP contribution < -0.4 is 10.5 Å². The molecule has 0 atom stereocenters. The molecule has 29 heavy (non-hydrogen) atoms. The number of para-hydroxylation sites is 1. The van der Waals surface area contributed by atoms with Gasteiger partial charge in [0, 0.05) is 5.56 Å². The number of carbonyl (C=O) groups excluding carboxylic acids is 1. The van der Waals surface area contributed by atoms with Crippen LogP contribution in [0.1, 0.15) is 15.9 Å². The molecule has 0 spiro atoms. The van der Waals surface area contributed by atoms with E-state index >= 15 is 0 Å². The number of aromatic carboxylic acids is 1. The predicted molar refractivity (Wildman–Crippen MR) is 112 cm³/mol. The molecule has 0 saturated heterocycles. The number of rotatable bonds is 5. The Morgan fingerprint density at radius 3 is 2.34 bits per heavy atom. The van der Waals surface area contributed by atoms with Crippen molar-refractivity contribution in [1.82, 2.24) is 4.98 Å². The van der Waals surface area contributed by atoms with Gasteiger partial charge in [-0.05, 0) is 29.8 Å². The van der Waals surface area contributed by atoms with Gasteiger partial charge in [0.05, 0.1) is 21.9 Å². The summed E-state index contributed by atoms with van der Waals surface area (Å²) in [6.07, 6.45) is 0. The molecule has 0 aliphatic heterocycles. The maximum atomic E-state index is 10.9. The minimum absolute atomic E-state index is 0.0957. The average Bonchev–Trinajstić information content (AvgIpc) is 3.17. The van der Waals surface area contributed by atoms with Crippen molar-refractivity contribution in [3.8, 4) is 0 Å². The molecule has 1 heterocycles. The molecule has 0 amide bonds. The topological polar surface area (TPSA) is 102 Å². The van der Waals surface area contributed by atoms with E-state index in [2.05, 4.69) is 25.7 Å². The molecule has 0 aliphatic rings. The third kappa shape index (κ3) is 4.50.